The van der Waals surface area contributed by atoms with Crippen molar-refractivity contribution in [2.75, 3.05) is 7.11 Å². The number of ether oxygens (including phenoxy) is 1. The predicted molar refractivity (Wildman–Crippen MR) is 66.5 cm³/mol. The van der Waals surface area contributed by atoms with Gasteiger partial charge in [-0.1, -0.05) is 12.1 Å². The summed E-state index contributed by atoms with van der Waals surface area (Å²) in [5.74, 6) is -0.362. The van der Waals surface area contributed by atoms with E-state index in [1.165, 1.54) is 18.4 Å². The maximum absolute atomic E-state index is 11.4. The quantitative estimate of drug-likeness (QED) is 0.617. The lowest BCUT2D eigenvalue weighted by Crippen LogP contribution is -2.00. The van der Waals surface area contributed by atoms with Crippen LogP contribution in [0.4, 0.5) is 0 Å². The third-order valence-corrected chi connectivity index (χ3v) is 3.37. The number of aldehydes is 1. The number of benzene rings is 1. The molecule has 1 heterocycles. The van der Waals surface area contributed by atoms with Gasteiger partial charge in [-0.2, -0.15) is 0 Å². The van der Waals surface area contributed by atoms with Crippen LogP contribution in [-0.2, 0) is 4.74 Å². The van der Waals surface area contributed by atoms with Crippen molar-refractivity contribution >= 4 is 23.6 Å². The molecule has 0 amide bonds. The van der Waals surface area contributed by atoms with Gasteiger partial charge in [-0.15, -0.1) is 11.3 Å². The first-order valence-corrected chi connectivity index (χ1v) is 5.80. The highest BCUT2D eigenvalue weighted by molar-refractivity contribution is 7.17. The number of rotatable bonds is 3. The highest BCUT2D eigenvalue weighted by Gasteiger charge is 2.08. The number of thiophene rings is 1. The highest BCUT2D eigenvalue weighted by Crippen LogP contribution is 2.27. The van der Waals surface area contributed by atoms with E-state index in [1.54, 1.807) is 24.3 Å². The molecular weight excluding hydrogens is 236 g/mol. The average Bonchev–Trinajstić information content (AvgIpc) is 2.86. The largest absolute Gasteiger partial charge is 0.465 e. The van der Waals surface area contributed by atoms with Crippen LogP contribution in [0, 0.1) is 0 Å². The van der Waals surface area contributed by atoms with Gasteiger partial charge in [0.15, 0.2) is 6.29 Å². The summed E-state index contributed by atoms with van der Waals surface area (Å²) in [6.07, 6.45) is 0.818. The van der Waals surface area contributed by atoms with Crippen molar-refractivity contribution in [3.63, 3.8) is 0 Å². The van der Waals surface area contributed by atoms with Gasteiger partial charge in [-0.3, -0.25) is 4.79 Å². The SMILES string of the molecule is COC(=O)c1cccc(-c2ccc(C=O)s2)c1. The van der Waals surface area contributed by atoms with Crippen LogP contribution in [0.5, 0.6) is 0 Å². The van der Waals surface area contributed by atoms with Crippen LogP contribution in [0.3, 0.4) is 0 Å². The van der Waals surface area contributed by atoms with Crippen LogP contribution < -0.4 is 0 Å². The summed E-state index contributed by atoms with van der Waals surface area (Å²) in [5, 5.41) is 0. The normalized spacial score (nSPS) is 9.94. The van der Waals surface area contributed by atoms with Gasteiger partial charge in [0, 0.05) is 4.88 Å². The van der Waals surface area contributed by atoms with Gasteiger partial charge in [-0.05, 0) is 29.8 Å². The molecule has 4 heteroatoms. The molecule has 0 saturated carbocycles. The van der Waals surface area contributed by atoms with E-state index in [0.717, 1.165) is 16.7 Å². The second kappa shape index (κ2) is 4.93. The van der Waals surface area contributed by atoms with Gasteiger partial charge in [0.05, 0.1) is 17.6 Å². The average molecular weight is 246 g/mol. The summed E-state index contributed by atoms with van der Waals surface area (Å²) in [7, 11) is 1.35. The summed E-state index contributed by atoms with van der Waals surface area (Å²) in [6.45, 7) is 0. The summed E-state index contributed by atoms with van der Waals surface area (Å²) in [5.41, 5.74) is 1.41. The van der Waals surface area contributed by atoms with Crippen molar-refractivity contribution in [3.8, 4) is 10.4 Å². The standard InChI is InChI=1S/C13H10O3S/c1-16-13(15)10-4-2-3-9(7-10)12-6-5-11(8-14)17-12/h2-8H,1H3. The summed E-state index contributed by atoms with van der Waals surface area (Å²) in [4.78, 5) is 23.6. The lowest BCUT2D eigenvalue weighted by molar-refractivity contribution is 0.0600. The minimum atomic E-state index is -0.362. The molecule has 0 N–H and O–H groups in total. The van der Waals surface area contributed by atoms with Crippen molar-refractivity contribution in [1.29, 1.82) is 0 Å². The van der Waals surface area contributed by atoms with Crippen LogP contribution in [0.2, 0.25) is 0 Å². The van der Waals surface area contributed by atoms with Crippen molar-refractivity contribution < 1.29 is 14.3 Å². The first-order chi connectivity index (χ1) is 8.24. The van der Waals surface area contributed by atoms with Gasteiger partial charge in [0.1, 0.15) is 0 Å². The van der Waals surface area contributed by atoms with Crippen molar-refractivity contribution in [2.45, 2.75) is 0 Å². The fourth-order valence-corrected chi connectivity index (χ4v) is 2.31. The molecule has 0 aliphatic carbocycles. The zero-order valence-corrected chi connectivity index (χ0v) is 9.99. The van der Waals surface area contributed by atoms with Gasteiger partial charge >= 0.3 is 5.97 Å². The number of hydrogen-bond acceptors (Lipinski definition) is 4. The third-order valence-electron chi connectivity index (χ3n) is 2.31. The van der Waals surface area contributed by atoms with Crippen molar-refractivity contribution in [3.05, 3.63) is 46.8 Å². The first-order valence-electron chi connectivity index (χ1n) is 4.98. The van der Waals surface area contributed by atoms with E-state index < -0.39 is 0 Å². The van der Waals surface area contributed by atoms with Crippen LogP contribution in [0.25, 0.3) is 10.4 Å². The van der Waals surface area contributed by atoms with Crippen molar-refractivity contribution in [2.24, 2.45) is 0 Å². The molecule has 1 aromatic carbocycles. The van der Waals surface area contributed by atoms with Gasteiger partial charge in [0.2, 0.25) is 0 Å². The Labute approximate surface area is 103 Å². The summed E-state index contributed by atoms with van der Waals surface area (Å²) in [6, 6.07) is 10.8. The van der Waals surface area contributed by atoms with E-state index >= 15 is 0 Å². The molecule has 2 rings (SSSR count). The first kappa shape index (κ1) is 11.5. The lowest BCUT2D eigenvalue weighted by atomic mass is 10.1. The van der Waals surface area contributed by atoms with E-state index in [-0.39, 0.29) is 5.97 Å². The molecule has 1 aromatic heterocycles. The zero-order chi connectivity index (χ0) is 12.3. The monoisotopic (exact) mass is 246 g/mol. The molecule has 2 aromatic rings. The summed E-state index contributed by atoms with van der Waals surface area (Å²) >= 11 is 1.39. The fourth-order valence-electron chi connectivity index (χ4n) is 1.49. The van der Waals surface area contributed by atoms with Crippen LogP contribution in [-0.4, -0.2) is 19.4 Å². The minimum Gasteiger partial charge on any atom is -0.465 e. The Bertz CT molecular complexity index is 557. The Hall–Kier alpha value is -1.94. The Balaban J connectivity index is 2.39. The third kappa shape index (κ3) is 2.42. The smallest absolute Gasteiger partial charge is 0.337 e. The molecule has 0 unspecified atom stereocenters. The molecule has 0 aliphatic heterocycles. The number of esters is 1. The van der Waals surface area contributed by atoms with Crippen molar-refractivity contribution in [1.82, 2.24) is 0 Å². The zero-order valence-electron chi connectivity index (χ0n) is 9.17. The van der Waals surface area contributed by atoms with Crippen LogP contribution >= 0.6 is 11.3 Å². The van der Waals surface area contributed by atoms with Crippen LogP contribution in [0.15, 0.2) is 36.4 Å². The van der Waals surface area contributed by atoms with E-state index in [9.17, 15) is 9.59 Å². The van der Waals surface area contributed by atoms with Gasteiger partial charge in [-0.25, -0.2) is 4.79 Å². The molecule has 0 aliphatic rings. The second-order valence-corrected chi connectivity index (χ2v) is 4.51. The Morgan fingerprint density at radius 3 is 2.76 bits per heavy atom. The molecule has 0 bridgehead atoms. The van der Waals surface area contributed by atoms with E-state index in [4.69, 9.17) is 0 Å². The second-order valence-electron chi connectivity index (χ2n) is 3.39. The maximum atomic E-state index is 11.4. The van der Waals surface area contributed by atoms with E-state index in [0.29, 0.717) is 10.4 Å². The number of hydrogen-bond donors (Lipinski definition) is 0. The molecule has 17 heavy (non-hydrogen) atoms. The number of carbonyl (C=O) groups is 2. The van der Waals surface area contributed by atoms with Crippen LogP contribution in [0.1, 0.15) is 20.0 Å². The molecule has 3 nitrogen and oxygen atoms in total. The lowest BCUT2D eigenvalue weighted by Gasteiger charge is -2.01. The summed E-state index contributed by atoms with van der Waals surface area (Å²) < 4.78 is 4.66. The molecule has 0 fully saturated rings. The molecule has 86 valence electrons. The Kier molecular flexibility index (Phi) is 3.35. The maximum Gasteiger partial charge on any atom is 0.337 e. The minimum absolute atomic E-state index is 0.362. The van der Waals surface area contributed by atoms with Gasteiger partial charge in [0.25, 0.3) is 0 Å². The molecule has 0 spiro atoms. The Morgan fingerprint density at radius 1 is 1.29 bits per heavy atom. The molecule has 0 saturated heterocycles. The number of methoxy groups -OCH3 is 1. The molecule has 0 radical (unpaired) electrons. The van der Waals surface area contributed by atoms with E-state index in [1.807, 2.05) is 12.1 Å². The fraction of sp³-hybridized carbons (Fsp3) is 0.0769. The molecule has 0 atom stereocenters. The molecular formula is C13H10O3S. The topological polar surface area (TPSA) is 43.4 Å². The van der Waals surface area contributed by atoms with Gasteiger partial charge < -0.3 is 4.74 Å². The predicted octanol–water partition coefficient (Wildman–Crippen LogP) is 3.01. The Morgan fingerprint density at radius 2 is 2.12 bits per heavy atom. The number of carbonyl (C=O) groups excluding carboxylic acids is 2. The highest BCUT2D eigenvalue weighted by atomic mass is 32.1. The van der Waals surface area contributed by atoms with E-state index in [2.05, 4.69) is 4.74 Å².